The van der Waals surface area contributed by atoms with Crippen LogP contribution < -0.4 is 14.4 Å². The highest BCUT2D eigenvalue weighted by molar-refractivity contribution is 5.72. The molecule has 1 heterocycles. The standard InChI is InChI=1S/C21H18N2O4/c1-14-7-3-5-9-18(14)26-15(2)16(13-22)21-23(12-11-20(24)25)17-8-4-6-10-19(17)27-21/h3-10H,2,11-12H2,1H3,(H,24,25)/b21-16-. The number of carboxylic acid groups (broad SMARTS) is 1. The normalized spacial score (nSPS) is 14.0. The first kappa shape index (κ1) is 18.1. The molecule has 0 saturated heterocycles. The van der Waals surface area contributed by atoms with Crippen molar-refractivity contribution in [2.24, 2.45) is 0 Å². The van der Waals surface area contributed by atoms with Gasteiger partial charge in [-0.25, -0.2) is 0 Å². The summed E-state index contributed by atoms with van der Waals surface area (Å²) >= 11 is 0. The number of benzene rings is 2. The number of anilines is 1. The second kappa shape index (κ2) is 7.67. The average molecular weight is 362 g/mol. The number of carbonyl (C=O) groups is 1. The number of hydrogen-bond acceptors (Lipinski definition) is 5. The lowest BCUT2D eigenvalue weighted by Gasteiger charge is -2.19. The van der Waals surface area contributed by atoms with Crippen molar-refractivity contribution < 1.29 is 19.4 Å². The Labute approximate surface area is 157 Å². The third-order valence-electron chi connectivity index (χ3n) is 4.09. The number of carboxylic acids is 1. The second-order valence-corrected chi connectivity index (χ2v) is 5.95. The molecule has 0 amide bonds. The number of allylic oxidation sites excluding steroid dienone is 1. The van der Waals surface area contributed by atoms with Gasteiger partial charge in [0.25, 0.3) is 0 Å². The van der Waals surface area contributed by atoms with Gasteiger partial charge in [-0.15, -0.1) is 0 Å². The molecule has 1 aliphatic rings. The van der Waals surface area contributed by atoms with Gasteiger partial charge in [-0.2, -0.15) is 5.26 Å². The van der Waals surface area contributed by atoms with E-state index in [1.807, 2.05) is 43.3 Å². The Kier molecular flexibility index (Phi) is 5.13. The highest BCUT2D eigenvalue weighted by Crippen LogP contribution is 2.40. The van der Waals surface area contributed by atoms with E-state index in [1.54, 1.807) is 17.0 Å². The Morgan fingerprint density at radius 3 is 2.67 bits per heavy atom. The lowest BCUT2D eigenvalue weighted by Crippen LogP contribution is -2.25. The molecule has 0 bridgehead atoms. The molecule has 2 aromatic carbocycles. The topological polar surface area (TPSA) is 82.8 Å². The van der Waals surface area contributed by atoms with Gasteiger partial charge in [-0.3, -0.25) is 4.79 Å². The quantitative estimate of drug-likeness (QED) is 0.618. The molecule has 0 spiro atoms. The smallest absolute Gasteiger partial charge is 0.305 e. The number of nitriles is 1. The summed E-state index contributed by atoms with van der Waals surface area (Å²) in [5.41, 5.74) is 1.71. The van der Waals surface area contributed by atoms with Crippen LogP contribution in [0.25, 0.3) is 0 Å². The number of aryl methyl sites for hydroxylation is 1. The van der Waals surface area contributed by atoms with Gasteiger partial charge < -0.3 is 19.5 Å². The van der Waals surface area contributed by atoms with Crippen LogP contribution in [0.1, 0.15) is 12.0 Å². The fourth-order valence-corrected chi connectivity index (χ4v) is 2.73. The third-order valence-corrected chi connectivity index (χ3v) is 4.09. The van der Waals surface area contributed by atoms with Crippen LogP contribution in [-0.2, 0) is 4.79 Å². The minimum atomic E-state index is -0.938. The first-order valence-corrected chi connectivity index (χ1v) is 8.34. The maximum absolute atomic E-state index is 11.0. The minimum absolute atomic E-state index is 0.106. The van der Waals surface area contributed by atoms with Crippen LogP contribution in [0.3, 0.4) is 0 Å². The summed E-state index contributed by atoms with van der Waals surface area (Å²) in [6, 6.07) is 16.7. The molecule has 136 valence electrons. The lowest BCUT2D eigenvalue weighted by atomic mass is 10.2. The van der Waals surface area contributed by atoms with Crippen LogP contribution >= 0.6 is 0 Å². The predicted molar refractivity (Wildman–Crippen MR) is 100 cm³/mol. The fourth-order valence-electron chi connectivity index (χ4n) is 2.73. The van der Waals surface area contributed by atoms with Crippen LogP contribution in [0.2, 0.25) is 0 Å². The molecule has 1 aliphatic heterocycles. The number of nitrogens with zero attached hydrogens (tertiary/aromatic N) is 2. The van der Waals surface area contributed by atoms with E-state index in [0.29, 0.717) is 17.2 Å². The van der Waals surface area contributed by atoms with Crippen molar-refractivity contribution in [3.05, 3.63) is 77.9 Å². The molecule has 27 heavy (non-hydrogen) atoms. The first-order valence-electron chi connectivity index (χ1n) is 8.34. The Morgan fingerprint density at radius 1 is 1.26 bits per heavy atom. The van der Waals surface area contributed by atoms with Crippen LogP contribution in [-0.4, -0.2) is 17.6 Å². The van der Waals surface area contributed by atoms with Gasteiger partial charge in [-0.1, -0.05) is 36.9 Å². The summed E-state index contributed by atoms with van der Waals surface area (Å²) in [5.74, 6) is 0.554. The maximum atomic E-state index is 11.0. The minimum Gasteiger partial charge on any atom is -0.481 e. The highest BCUT2D eigenvalue weighted by atomic mass is 16.5. The molecule has 0 aromatic heterocycles. The van der Waals surface area contributed by atoms with E-state index >= 15 is 0 Å². The van der Waals surface area contributed by atoms with Crippen LogP contribution in [0.5, 0.6) is 11.5 Å². The largest absolute Gasteiger partial charge is 0.481 e. The summed E-state index contributed by atoms with van der Waals surface area (Å²) < 4.78 is 11.6. The number of para-hydroxylation sites is 3. The van der Waals surface area contributed by atoms with Crippen molar-refractivity contribution in [3.8, 4) is 17.6 Å². The maximum Gasteiger partial charge on any atom is 0.305 e. The van der Waals surface area contributed by atoms with Gasteiger partial charge in [0.15, 0.2) is 11.3 Å². The molecule has 0 atom stereocenters. The number of aliphatic carboxylic acids is 1. The van der Waals surface area contributed by atoms with Crippen LogP contribution in [0.4, 0.5) is 5.69 Å². The Bertz CT molecular complexity index is 972. The lowest BCUT2D eigenvalue weighted by molar-refractivity contribution is -0.136. The molecule has 0 fully saturated rings. The van der Waals surface area contributed by atoms with Crippen molar-refractivity contribution in [1.29, 1.82) is 5.26 Å². The zero-order valence-electron chi connectivity index (χ0n) is 14.8. The molecule has 1 N–H and O–H groups in total. The molecule has 3 rings (SSSR count). The first-order chi connectivity index (χ1) is 13.0. The Balaban J connectivity index is 1.96. The molecule has 0 aliphatic carbocycles. The zero-order chi connectivity index (χ0) is 19.4. The molecule has 6 heteroatoms. The van der Waals surface area contributed by atoms with Crippen molar-refractivity contribution in [3.63, 3.8) is 0 Å². The Morgan fingerprint density at radius 2 is 1.96 bits per heavy atom. The molecule has 0 unspecified atom stereocenters. The van der Waals surface area contributed by atoms with E-state index in [9.17, 15) is 10.1 Å². The summed E-state index contributed by atoms with van der Waals surface area (Å²) in [4.78, 5) is 12.7. The van der Waals surface area contributed by atoms with Gasteiger partial charge in [0.05, 0.1) is 12.1 Å². The van der Waals surface area contributed by atoms with E-state index in [1.165, 1.54) is 0 Å². The van der Waals surface area contributed by atoms with Gasteiger partial charge in [0, 0.05) is 6.54 Å². The number of hydrogen-bond donors (Lipinski definition) is 1. The molecule has 2 aromatic rings. The Hall–Kier alpha value is -3.72. The summed E-state index contributed by atoms with van der Waals surface area (Å²) in [5, 5.41) is 18.8. The van der Waals surface area contributed by atoms with E-state index in [0.717, 1.165) is 5.56 Å². The van der Waals surface area contributed by atoms with Crippen molar-refractivity contribution in [2.45, 2.75) is 13.3 Å². The second-order valence-electron chi connectivity index (χ2n) is 5.95. The van der Waals surface area contributed by atoms with E-state index < -0.39 is 5.97 Å². The number of ether oxygens (including phenoxy) is 2. The molecule has 0 radical (unpaired) electrons. The molecular weight excluding hydrogens is 344 g/mol. The van der Waals surface area contributed by atoms with Crippen molar-refractivity contribution in [1.82, 2.24) is 0 Å². The van der Waals surface area contributed by atoms with E-state index in [-0.39, 0.29) is 30.2 Å². The van der Waals surface area contributed by atoms with Crippen LogP contribution in [0, 0.1) is 18.3 Å². The SMILES string of the molecule is C=C(Oc1ccccc1C)/C(C#N)=C1\Oc2ccccc2N1CCC(=O)O. The zero-order valence-corrected chi connectivity index (χ0v) is 14.8. The summed E-state index contributed by atoms with van der Waals surface area (Å²) in [7, 11) is 0. The highest BCUT2D eigenvalue weighted by Gasteiger charge is 2.31. The predicted octanol–water partition coefficient (Wildman–Crippen LogP) is 4.00. The van der Waals surface area contributed by atoms with E-state index in [2.05, 4.69) is 12.6 Å². The van der Waals surface area contributed by atoms with Crippen LogP contribution in [0.15, 0.2) is 72.3 Å². The van der Waals surface area contributed by atoms with Crippen molar-refractivity contribution >= 4 is 11.7 Å². The molecule has 6 nitrogen and oxygen atoms in total. The van der Waals surface area contributed by atoms with Gasteiger partial charge >= 0.3 is 5.97 Å². The van der Waals surface area contributed by atoms with Gasteiger partial charge in [0.2, 0.25) is 5.88 Å². The van der Waals surface area contributed by atoms with Crippen molar-refractivity contribution in [2.75, 3.05) is 11.4 Å². The summed E-state index contributed by atoms with van der Waals surface area (Å²) in [6.45, 7) is 5.92. The summed E-state index contributed by atoms with van der Waals surface area (Å²) in [6.07, 6.45) is -0.106. The van der Waals surface area contributed by atoms with E-state index in [4.69, 9.17) is 14.6 Å². The monoisotopic (exact) mass is 362 g/mol. The fraction of sp³-hybridized carbons (Fsp3) is 0.143. The third kappa shape index (κ3) is 3.77. The van der Waals surface area contributed by atoms with Gasteiger partial charge in [0.1, 0.15) is 17.6 Å². The number of fused-ring (bicyclic) bond motifs is 1. The molecule has 0 saturated carbocycles. The molecular formula is C21H18N2O4. The number of rotatable bonds is 6. The van der Waals surface area contributed by atoms with Gasteiger partial charge in [-0.05, 0) is 30.7 Å². The average Bonchev–Trinajstić information content (AvgIpc) is 3.00.